The van der Waals surface area contributed by atoms with Gasteiger partial charge in [0.15, 0.2) is 0 Å². The number of nitrogens with zero attached hydrogens (tertiary/aromatic N) is 2. The molecule has 0 bridgehead atoms. The van der Waals surface area contributed by atoms with E-state index in [9.17, 15) is 9.59 Å². The van der Waals surface area contributed by atoms with E-state index in [1.54, 1.807) is 12.6 Å². The second kappa shape index (κ2) is 5.45. The number of urea groups is 1. The van der Waals surface area contributed by atoms with Crippen LogP contribution in [-0.2, 0) is 11.3 Å². The minimum absolute atomic E-state index is 0.363. The fraction of sp³-hybridized carbons (Fsp3) is 0.444. The molecule has 0 radical (unpaired) electrons. The summed E-state index contributed by atoms with van der Waals surface area (Å²) >= 11 is 1.45. The molecule has 0 spiro atoms. The maximum Gasteiger partial charge on any atom is 0.325 e. The van der Waals surface area contributed by atoms with Gasteiger partial charge in [-0.05, 0) is 6.92 Å². The van der Waals surface area contributed by atoms with Gasteiger partial charge in [0.1, 0.15) is 6.04 Å². The summed E-state index contributed by atoms with van der Waals surface area (Å²) in [4.78, 5) is 27.5. The highest BCUT2D eigenvalue weighted by molar-refractivity contribution is 7.07. The molecule has 0 aliphatic carbocycles. The fourth-order valence-corrected chi connectivity index (χ4v) is 1.54. The summed E-state index contributed by atoms with van der Waals surface area (Å²) in [5, 5.41) is 12.8. The van der Waals surface area contributed by atoms with E-state index in [0.29, 0.717) is 6.54 Å². The molecule has 0 aliphatic heterocycles. The number of hydrogen-bond donors (Lipinski definition) is 2. The van der Waals surface area contributed by atoms with Gasteiger partial charge in [-0.1, -0.05) is 0 Å². The van der Waals surface area contributed by atoms with Crippen molar-refractivity contribution in [2.75, 3.05) is 7.05 Å². The first-order chi connectivity index (χ1) is 7.50. The first kappa shape index (κ1) is 12.4. The van der Waals surface area contributed by atoms with Gasteiger partial charge in [0.05, 0.1) is 17.7 Å². The molecule has 2 amide bonds. The lowest BCUT2D eigenvalue weighted by Gasteiger charge is -2.18. The van der Waals surface area contributed by atoms with Gasteiger partial charge in [-0.25, -0.2) is 9.78 Å². The zero-order valence-corrected chi connectivity index (χ0v) is 9.82. The van der Waals surface area contributed by atoms with Crippen LogP contribution in [0.3, 0.4) is 0 Å². The van der Waals surface area contributed by atoms with Crippen molar-refractivity contribution in [3.05, 3.63) is 16.6 Å². The molecule has 1 aromatic heterocycles. The lowest BCUT2D eigenvalue weighted by atomic mass is 10.3. The van der Waals surface area contributed by atoms with Gasteiger partial charge in [0, 0.05) is 12.4 Å². The number of amides is 2. The number of rotatable bonds is 4. The van der Waals surface area contributed by atoms with Crippen molar-refractivity contribution in [1.29, 1.82) is 0 Å². The van der Waals surface area contributed by atoms with Crippen LogP contribution in [0.1, 0.15) is 12.6 Å². The largest absolute Gasteiger partial charge is 0.480 e. The number of carboxylic acids is 1. The number of aliphatic carboxylic acids is 1. The van der Waals surface area contributed by atoms with Crippen molar-refractivity contribution in [2.24, 2.45) is 0 Å². The predicted octanol–water partition coefficient (Wildman–Crippen LogP) is 0.758. The zero-order chi connectivity index (χ0) is 12.1. The van der Waals surface area contributed by atoms with Crippen molar-refractivity contribution >= 4 is 23.3 Å². The molecule has 1 rings (SSSR count). The predicted molar refractivity (Wildman–Crippen MR) is 59.2 cm³/mol. The molecule has 1 atom stereocenters. The van der Waals surface area contributed by atoms with Crippen LogP contribution in [0.2, 0.25) is 0 Å². The first-order valence-corrected chi connectivity index (χ1v) is 5.56. The third-order valence-electron chi connectivity index (χ3n) is 1.94. The number of hydrogen-bond acceptors (Lipinski definition) is 4. The van der Waals surface area contributed by atoms with Crippen molar-refractivity contribution in [2.45, 2.75) is 19.5 Å². The fourth-order valence-electron chi connectivity index (χ4n) is 0.988. The molecule has 1 unspecified atom stereocenters. The molecule has 0 aromatic carbocycles. The number of nitrogens with one attached hydrogen (secondary N) is 1. The Labute approximate surface area is 96.9 Å². The van der Waals surface area contributed by atoms with Crippen LogP contribution in [-0.4, -0.2) is 40.1 Å². The van der Waals surface area contributed by atoms with Crippen LogP contribution < -0.4 is 5.32 Å². The van der Waals surface area contributed by atoms with Crippen LogP contribution in [0.5, 0.6) is 0 Å². The molecule has 0 saturated heterocycles. The third kappa shape index (κ3) is 3.50. The number of carbonyl (C=O) groups is 2. The molecule has 7 heteroatoms. The molecule has 1 heterocycles. The lowest BCUT2D eigenvalue weighted by molar-refractivity contribution is -0.138. The average molecular weight is 243 g/mol. The molecule has 0 aliphatic rings. The van der Waals surface area contributed by atoms with Crippen molar-refractivity contribution in [3.63, 3.8) is 0 Å². The minimum Gasteiger partial charge on any atom is -0.480 e. The van der Waals surface area contributed by atoms with E-state index in [1.807, 2.05) is 5.38 Å². The Kier molecular flexibility index (Phi) is 4.24. The van der Waals surface area contributed by atoms with Gasteiger partial charge in [0.2, 0.25) is 0 Å². The SMILES string of the molecule is CC(NC(=O)N(C)Cc1cscn1)C(=O)O. The monoisotopic (exact) mass is 243 g/mol. The first-order valence-electron chi connectivity index (χ1n) is 4.62. The van der Waals surface area contributed by atoms with Gasteiger partial charge in [-0.2, -0.15) is 0 Å². The third-order valence-corrected chi connectivity index (χ3v) is 2.58. The molecule has 0 saturated carbocycles. The van der Waals surface area contributed by atoms with E-state index in [0.717, 1.165) is 5.69 Å². The average Bonchev–Trinajstić information content (AvgIpc) is 2.69. The maximum absolute atomic E-state index is 11.5. The second-order valence-electron chi connectivity index (χ2n) is 3.35. The van der Waals surface area contributed by atoms with E-state index in [4.69, 9.17) is 5.11 Å². The highest BCUT2D eigenvalue weighted by Crippen LogP contribution is 2.04. The van der Waals surface area contributed by atoms with E-state index in [1.165, 1.54) is 23.2 Å². The molecule has 88 valence electrons. The Morgan fingerprint density at radius 1 is 1.69 bits per heavy atom. The number of carbonyl (C=O) groups excluding carboxylic acids is 1. The molecular weight excluding hydrogens is 230 g/mol. The van der Waals surface area contributed by atoms with Crippen molar-refractivity contribution in [3.8, 4) is 0 Å². The lowest BCUT2D eigenvalue weighted by Crippen LogP contribution is -2.44. The van der Waals surface area contributed by atoms with Crippen LogP contribution in [0, 0.1) is 0 Å². The normalized spacial score (nSPS) is 11.9. The molecular formula is C9H13N3O3S. The van der Waals surface area contributed by atoms with E-state index >= 15 is 0 Å². The van der Waals surface area contributed by atoms with Crippen LogP contribution in [0.4, 0.5) is 4.79 Å². The Balaban J connectivity index is 2.45. The van der Waals surface area contributed by atoms with Crippen molar-refractivity contribution < 1.29 is 14.7 Å². The minimum atomic E-state index is -1.06. The van der Waals surface area contributed by atoms with Gasteiger partial charge >= 0.3 is 12.0 Å². The number of thiazole rings is 1. The van der Waals surface area contributed by atoms with Crippen molar-refractivity contribution in [1.82, 2.24) is 15.2 Å². The topological polar surface area (TPSA) is 82.5 Å². The highest BCUT2D eigenvalue weighted by atomic mass is 32.1. The van der Waals surface area contributed by atoms with Crippen LogP contribution >= 0.6 is 11.3 Å². The van der Waals surface area contributed by atoms with Gasteiger partial charge < -0.3 is 15.3 Å². The zero-order valence-electron chi connectivity index (χ0n) is 9.01. The second-order valence-corrected chi connectivity index (χ2v) is 4.06. The number of carboxylic acid groups (broad SMARTS) is 1. The smallest absolute Gasteiger partial charge is 0.325 e. The van der Waals surface area contributed by atoms with Crippen LogP contribution in [0.25, 0.3) is 0 Å². The van der Waals surface area contributed by atoms with E-state index in [-0.39, 0.29) is 0 Å². The van der Waals surface area contributed by atoms with Gasteiger partial charge in [-0.3, -0.25) is 4.79 Å². The molecule has 2 N–H and O–H groups in total. The van der Waals surface area contributed by atoms with Gasteiger partial charge in [-0.15, -0.1) is 11.3 Å². The Hall–Kier alpha value is -1.63. The molecule has 0 fully saturated rings. The Bertz CT molecular complexity index is 366. The Morgan fingerprint density at radius 2 is 2.38 bits per heavy atom. The standard InChI is InChI=1S/C9H13N3O3S/c1-6(8(13)14)11-9(15)12(2)3-7-4-16-5-10-7/h4-6H,3H2,1-2H3,(H,11,15)(H,13,14). The maximum atomic E-state index is 11.5. The molecule has 16 heavy (non-hydrogen) atoms. The van der Waals surface area contributed by atoms with E-state index in [2.05, 4.69) is 10.3 Å². The Morgan fingerprint density at radius 3 is 2.88 bits per heavy atom. The summed E-state index contributed by atoms with van der Waals surface area (Å²) in [5.74, 6) is -1.06. The summed E-state index contributed by atoms with van der Waals surface area (Å²) in [6, 6.07) is -1.33. The quantitative estimate of drug-likeness (QED) is 0.817. The molecule has 1 aromatic rings. The summed E-state index contributed by atoms with van der Waals surface area (Å²) < 4.78 is 0. The van der Waals surface area contributed by atoms with Crippen LogP contribution in [0.15, 0.2) is 10.9 Å². The number of aromatic nitrogens is 1. The van der Waals surface area contributed by atoms with Gasteiger partial charge in [0.25, 0.3) is 0 Å². The summed E-state index contributed by atoms with van der Waals surface area (Å²) in [7, 11) is 1.59. The summed E-state index contributed by atoms with van der Waals surface area (Å²) in [6.07, 6.45) is 0. The summed E-state index contributed by atoms with van der Waals surface area (Å²) in [5.41, 5.74) is 2.46. The highest BCUT2D eigenvalue weighted by Gasteiger charge is 2.17. The summed E-state index contributed by atoms with van der Waals surface area (Å²) in [6.45, 7) is 1.78. The van der Waals surface area contributed by atoms with E-state index < -0.39 is 18.0 Å². The molecule has 6 nitrogen and oxygen atoms in total.